The number of hydrogen-bond acceptors (Lipinski definition) is 3. The first-order valence-corrected chi connectivity index (χ1v) is 8.83. The molecule has 0 aromatic rings. The molecule has 1 saturated heterocycles. The summed E-state index contributed by atoms with van der Waals surface area (Å²) in [5, 5.41) is -0.798. The molecule has 19 heavy (non-hydrogen) atoms. The molecule has 8 atom stereocenters. The number of allylic oxidation sites excluding steroid dienone is 4. The smallest absolute Gasteiger partial charge is 0.158 e. The van der Waals surface area contributed by atoms with Gasteiger partial charge in [0.25, 0.3) is 0 Å². The molecule has 3 nitrogen and oxygen atoms in total. The fourth-order valence-corrected chi connectivity index (χ4v) is 8.83. The van der Waals surface area contributed by atoms with Crippen molar-refractivity contribution in [2.75, 3.05) is 0 Å². The highest BCUT2D eigenvalue weighted by atomic mass is 32.2. The van der Waals surface area contributed by atoms with Gasteiger partial charge in [0.15, 0.2) is 9.84 Å². The fourth-order valence-electron chi connectivity index (χ4n) is 5.60. The van der Waals surface area contributed by atoms with Crippen molar-refractivity contribution in [3.05, 3.63) is 24.3 Å². The van der Waals surface area contributed by atoms with Crippen LogP contribution in [0.4, 0.5) is 0 Å². The largest absolute Gasteiger partial charge is 0.299 e. The summed E-state index contributed by atoms with van der Waals surface area (Å²) in [6.07, 6.45) is 10.0. The average Bonchev–Trinajstić information content (AvgIpc) is 3.11. The molecule has 0 radical (unpaired) electrons. The lowest BCUT2D eigenvalue weighted by Crippen LogP contribution is -2.55. The standard InChI is InChI=1S/C15H16O3S/c16-13-11-7-1-3-9(5-7)14(11)19(17,18)15-10-4-2-8(6-10)12(13)15/h1-4,7-12,14-15H,5-6H2/t7-,8-,9-,10-,11-,12-,14-,15-/m0/s1. The Balaban J connectivity index is 1.72. The second-order valence-electron chi connectivity index (χ2n) is 6.87. The number of carbonyl (C=O) groups is 1. The van der Waals surface area contributed by atoms with Crippen LogP contribution in [0.1, 0.15) is 12.8 Å². The van der Waals surface area contributed by atoms with Crippen LogP contribution >= 0.6 is 0 Å². The molecule has 0 amide bonds. The molecule has 4 heteroatoms. The highest BCUT2D eigenvalue weighted by Crippen LogP contribution is 2.59. The van der Waals surface area contributed by atoms with Crippen molar-refractivity contribution >= 4 is 15.6 Å². The fraction of sp³-hybridized carbons (Fsp3) is 0.667. The van der Waals surface area contributed by atoms with Gasteiger partial charge < -0.3 is 0 Å². The Hall–Kier alpha value is -0.900. The molecule has 2 saturated carbocycles. The zero-order chi connectivity index (χ0) is 12.9. The number of carbonyl (C=O) groups excluding carboxylic acids is 1. The van der Waals surface area contributed by atoms with E-state index in [1.165, 1.54) is 0 Å². The predicted octanol–water partition coefficient (Wildman–Crippen LogP) is 1.37. The van der Waals surface area contributed by atoms with Gasteiger partial charge in [0.1, 0.15) is 5.78 Å². The third kappa shape index (κ3) is 1.04. The highest BCUT2D eigenvalue weighted by molar-refractivity contribution is 7.92. The molecule has 0 unspecified atom stereocenters. The first-order valence-electron chi connectivity index (χ1n) is 7.22. The number of ketones is 1. The minimum atomic E-state index is -3.16. The van der Waals surface area contributed by atoms with Crippen molar-refractivity contribution in [1.29, 1.82) is 0 Å². The molecule has 0 aromatic carbocycles. The summed E-state index contributed by atoms with van der Waals surface area (Å²) in [6, 6.07) is 0. The maximum Gasteiger partial charge on any atom is 0.158 e. The van der Waals surface area contributed by atoms with E-state index in [4.69, 9.17) is 0 Å². The van der Waals surface area contributed by atoms with Crippen LogP contribution in [-0.2, 0) is 14.6 Å². The van der Waals surface area contributed by atoms with Crippen molar-refractivity contribution < 1.29 is 13.2 Å². The average molecular weight is 276 g/mol. The third-order valence-corrected chi connectivity index (χ3v) is 8.99. The van der Waals surface area contributed by atoms with Crippen LogP contribution in [0.3, 0.4) is 0 Å². The van der Waals surface area contributed by atoms with Crippen LogP contribution in [0.5, 0.6) is 0 Å². The van der Waals surface area contributed by atoms with Gasteiger partial charge in [-0.2, -0.15) is 0 Å². The number of rotatable bonds is 0. The van der Waals surface area contributed by atoms with Crippen LogP contribution in [0.15, 0.2) is 24.3 Å². The van der Waals surface area contributed by atoms with Crippen molar-refractivity contribution in [1.82, 2.24) is 0 Å². The maximum atomic E-state index is 13.0. The molecule has 0 spiro atoms. The summed E-state index contributed by atoms with van der Waals surface area (Å²) in [4.78, 5) is 12.8. The van der Waals surface area contributed by atoms with Crippen molar-refractivity contribution in [3.8, 4) is 0 Å². The van der Waals surface area contributed by atoms with Gasteiger partial charge in [-0.3, -0.25) is 4.79 Å². The van der Waals surface area contributed by atoms with Crippen LogP contribution in [0, 0.1) is 35.5 Å². The predicted molar refractivity (Wildman–Crippen MR) is 70.0 cm³/mol. The maximum absolute atomic E-state index is 13.0. The number of sulfone groups is 1. The van der Waals surface area contributed by atoms with E-state index in [2.05, 4.69) is 12.2 Å². The Labute approximate surface area is 112 Å². The highest BCUT2D eigenvalue weighted by Gasteiger charge is 2.67. The van der Waals surface area contributed by atoms with E-state index in [1.54, 1.807) is 0 Å². The second-order valence-corrected chi connectivity index (χ2v) is 9.14. The quantitative estimate of drug-likeness (QED) is 0.628. The van der Waals surface area contributed by atoms with Gasteiger partial charge in [-0.25, -0.2) is 8.42 Å². The summed E-state index contributed by atoms with van der Waals surface area (Å²) < 4.78 is 26.0. The topological polar surface area (TPSA) is 51.2 Å². The second kappa shape index (κ2) is 3.05. The summed E-state index contributed by atoms with van der Waals surface area (Å²) in [5.41, 5.74) is 0. The molecule has 1 aliphatic heterocycles. The molecule has 0 N–H and O–H groups in total. The normalized spacial score (nSPS) is 58.6. The van der Waals surface area contributed by atoms with Crippen LogP contribution in [0.25, 0.3) is 0 Å². The van der Waals surface area contributed by atoms with E-state index in [0.29, 0.717) is 0 Å². The summed E-state index contributed by atoms with van der Waals surface area (Å²) in [5.74, 6) is 0.408. The van der Waals surface area contributed by atoms with Crippen LogP contribution < -0.4 is 0 Å². The van der Waals surface area contributed by atoms with Gasteiger partial charge in [-0.15, -0.1) is 0 Å². The Bertz CT molecular complexity index is 596. The molecular weight excluding hydrogens is 260 g/mol. The zero-order valence-corrected chi connectivity index (χ0v) is 11.3. The number of hydrogen-bond donors (Lipinski definition) is 0. The SMILES string of the molecule is O=C1[C@H]2[C@H]([C@H]3C=C[C@H]2C3)S(=O)(=O)[C@@H]2[C@H]1[C@H]1C=C[C@H]2C1. The molecule has 100 valence electrons. The molecule has 5 rings (SSSR count). The van der Waals surface area contributed by atoms with E-state index in [1.807, 2.05) is 12.2 Å². The zero-order valence-electron chi connectivity index (χ0n) is 10.5. The van der Waals surface area contributed by atoms with Gasteiger partial charge in [-0.1, -0.05) is 24.3 Å². The molecule has 4 aliphatic carbocycles. The monoisotopic (exact) mass is 276 g/mol. The first kappa shape index (κ1) is 10.8. The molecule has 4 bridgehead atoms. The Morgan fingerprint density at radius 3 is 1.68 bits per heavy atom. The van der Waals surface area contributed by atoms with Crippen LogP contribution in [-0.4, -0.2) is 24.7 Å². The van der Waals surface area contributed by atoms with E-state index in [0.717, 1.165) is 12.8 Å². The lowest BCUT2D eigenvalue weighted by Gasteiger charge is -2.41. The third-order valence-electron chi connectivity index (χ3n) is 6.19. The lowest BCUT2D eigenvalue weighted by molar-refractivity contribution is -0.128. The summed E-state index contributed by atoms with van der Waals surface area (Å²) in [7, 11) is -3.16. The number of fused-ring (bicyclic) bond motifs is 10. The van der Waals surface area contributed by atoms with Gasteiger partial charge in [0, 0.05) is 11.8 Å². The van der Waals surface area contributed by atoms with Gasteiger partial charge in [0.05, 0.1) is 10.5 Å². The van der Waals surface area contributed by atoms with Crippen LogP contribution in [0.2, 0.25) is 0 Å². The Morgan fingerprint density at radius 1 is 0.789 bits per heavy atom. The van der Waals surface area contributed by atoms with Gasteiger partial charge in [0.2, 0.25) is 0 Å². The molecule has 0 aromatic heterocycles. The van der Waals surface area contributed by atoms with Gasteiger partial charge >= 0.3 is 0 Å². The van der Waals surface area contributed by atoms with Crippen molar-refractivity contribution in [3.63, 3.8) is 0 Å². The van der Waals surface area contributed by atoms with E-state index in [9.17, 15) is 13.2 Å². The summed E-state index contributed by atoms with van der Waals surface area (Å²) >= 11 is 0. The Morgan fingerprint density at radius 2 is 1.21 bits per heavy atom. The van der Waals surface area contributed by atoms with Crippen molar-refractivity contribution in [2.45, 2.75) is 23.3 Å². The molecule has 3 fully saturated rings. The first-order chi connectivity index (χ1) is 9.09. The number of Topliss-reactive ketones (excluding diaryl/α,β-unsaturated/α-hetero) is 1. The minimum absolute atomic E-state index is 0.105. The molecule has 5 aliphatic rings. The lowest BCUT2D eigenvalue weighted by atomic mass is 9.77. The van der Waals surface area contributed by atoms with Gasteiger partial charge in [-0.05, 0) is 36.5 Å². The molecule has 1 heterocycles. The van der Waals surface area contributed by atoms with E-state index >= 15 is 0 Å². The minimum Gasteiger partial charge on any atom is -0.299 e. The van der Waals surface area contributed by atoms with E-state index < -0.39 is 20.3 Å². The van der Waals surface area contributed by atoms with Crippen molar-refractivity contribution in [2.24, 2.45) is 35.5 Å². The van der Waals surface area contributed by atoms with E-state index in [-0.39, 0.29) is 41.3 Å². The summed E-state index contributed by atoms with van der Waals surface area (Å²) in [6.45, 7) is 0. The molecular formula is C15H16O3S. The Kier molecular flexibility index (Phi) is 1.74.